The summed E-state index contributed by atoms with van der Waals surface area (Å²) in [6.07, 6.45) is 5.00. The van der Waals surface area contributed by atoms with Crippen LogP contribution in [0.1, 0.15) is 13.8 Å². The fourth-order valence-corrected chi connectivity index (χ4v) is 0.298. The molecule has 0 aromatic heterocycles. The largest absolute Gasteiger partial charge is 0.454 e. The van der Waals surface area contributed by atoms with Gasteiger partial charge < -0.3 is 4.74 Å². The summed E-state index contributed by atoms with van der Waals surface area (Å²) in [7, 11) is 1.67. The van der Waals surface area contributed by atoms with Crippen molar-refractivity contribution in [1.29, 1.82) is 0 Å². The van der Waals surface area contributed by atoms with Crippen LogP contribution in [0, 0.1) is 5.92 Å². The van der Waals surface area contributed by atoms with Crippen LogP contribution in [0.5, 0.6) is 0 Å². The van der Waals surface area contributed by atoms with E-state index < -0.39 is 0 Å². The standard InChI is InChI=1S/C7H13NO/c1-7(2)4-5-9-6-8-3/h4-7H,1-3H3. The molecule has 0 radical (unpaired) electrons. The molecule has 0 N–H and O–H groups in total. The lowest BCUT2D eigenvalue weighted by atomic mass is 10.2. The van der Waals surface area contributed by atoms with Crippen molar-refractivity contribution in [2.24, 2.45) is 10.9 Å². The van der Waals surface area contributed by atoms with E-state index in [4.69, 9.17) is 4.74 Å². The Morgan fingerprint density at radius 3 is 2.56 bits per heavy atom. The van der Waals surface area contributed by atoms with Crippen LogP contribution in [0.4, 0.5) is 0 Å². The summed E-state index contributed by atoms with van der Waals surface area (Å²) in [6, 6.07) is 0. The smallest absolute Gasteiger partial charge is 0.175 e. The molecule has 0 saturated heterocycles. The van der Waals surface area contributed by atoms with E-state index in [9.17, 15) is 0 Å². The minimum Gasteiger partial charge on any atom is -0.454 e. The van der Waals surface area contributed by atoms with Crippen molar-refractivity contribution in [2.75, 3.05) is 7.05 Å². The maximum Gasteiger partial charge on any atom is 0.175 e. The Kier molecular flexibility index (Phi) is 4.88. The van der Waals surface area contributed by atoms with E-state index in [1.165, 1.54) is 6.40 Å². The van der Waals surface area contributed by atoms with Crippen LogP contribution in [0.2, 0.25) is 0 Å². The number of aliphatic imine (C=N–C) groups is 1. The molecule has 0 unspecified atom stereocenters. The lowest BCUT2D eigenvalue weighted by molar-refractivity contribution is 0.486. The monoisotopic (exact) mass is 127 g/mol. The van der Waals surface area contributed by atoms with E-state index in [1.807, 2.05) is 6.08 Å². The van der Waals surface area contributed by atoms with Crippen LogP contribution in [-0.4, -0.2) is 13.4 Å². The number of rotatable bonds is 3. The Bertz CT molecular complexity index is 105. The Balaban J connectivity index is 3.25. The highest BCUT2D eigenvalue weighted by Crippen LogP contribution is 1.92. The zero-order valence-electron chi connectivity index (χ0n) is 6.16. The van der Waals surface area contributed by atoms with Gasteiger partial charge in [-0.25, -0.2) is 0 Å². The van der Waals surface area contributed by atoms with Gasteiger partial charge in [0.25, 0.3) is 0 Å². The van der Waals surface area contributed by atoms with Crippen molar-refractivity contribution in [2.45, 2.75) is 13.8 Å². The molecule has 2 heteroatoms. The average Bonchev–Trinajstić information content (AvgIpc) is 1.80. The highest BCUT2D eigenvalue weighted by molar-refractivity contribution is 5.46. The number of hydrogen-bond donors (Lipinski definition) is 0. The van der Waals surface area contributed by atoms with Crippen molar-refractivity contribution in [3.63, 3.8) is 0 Å². The molecule has 0 aromatic carbocycles. The first-order valence-corrected chi connectivity index (χ1v) is 3.00. The van der Waals surface area contributed by atoms with Gasteiger partial charge in [-0.05, 0) is 12.0 Å². The molecule has 0 bridgehead atoms. The number of allylic oxidation sites excluding steroid dienone is 1. The van der Waals surface area contributed by atoms with Gasteiger partial charge in [-0.15, -0.1) is 0 Å². The molecular formula is C7H13NO. The summed E-state index contributed by atoms with van der Waals surface area (Å²) in [5.74, 6) is 0.537. The molecule has 2 nitrogen and oxygen atoms in total. The summed E-state index contributed by atoms with van der Waals surface area (Å²) >= 11 is 0. The number of nitrogens with zero attached hydrogens (tertiary/aromatic N) is 1. The van der Waals surface area contributed by atoms with E-state index in [1.54, 1.807) is 13.3 Å². The molecule has 0 aliphatic carbocycles. The van der Waals surface area contributed by atoms with Crippen LogP contribution in [0.25, 0.3) is 0 Å². The van der Waals surface area contributed by atoms with Crippen molar-refractivity contribution in [1.82, 2.24) is 0 Å². The minimum atomic E-state index is 0.537. The van der Waals surface area contributed by atoms with Crippen LogP contribution in [0.3, 0.4) is 0 Å². The summed E-state index contributed by atoms with van der Waals surface area (Å²) < 4.78 is 4.82. The number of hydrogen-bond acceptors (Lipinski definition) is 2. The van der Waals surface area contributed by atoms with Crippen molar-refractivity contribution < 1.29 is 4.74 Å². The maximum absolute atomic E-state index is 4.82. The van der Waals surface area contributed by atoms with Gasteiger partial charge in [0.15, 0.2) is 6.40 Å². The Hall–Kier alpha value is -0.790. The van der Waals surface area contributed by atoms with E-state index in [-0.39, 0.29) is 0 Å². The van der Waals surface area contributed by atoms with E-state index in [2.05, 4.69) is 18.8 Å². The SMILES string of the molecule is CN=COC=CC(C)C. The lowest BCUT2D eigenvalue weighted by Crippen LogP contribution is -1.79. The first kappa shape index (κ1) is 8.21. The number of ether oxygens (including phenoxy) is 1. The van der Waals surface area contributed by atoms with Crippen LogP contribution >= 0.6 is 0 Å². The molecule has 0 aromatic rings. The van der Waals surface area contributed by atoms with Crippen LogP contribution in [-0.2, 0) is 4.74 Å². The van der Waals surface area contributed by atoms with Gasteiger partial charge in [0.1, 0.15) is 0 Å². The van der Waals surface area contributed by atoms with Gasteiger partial charge in [-0.3, -0.25) is 4.99 Å². The van der Waals surface area contributed by atoms with Gasteiger partial charge >= 0.3 is 0 Å². The Labute approximate surface area is 56.2 Å². The fraction of sp³-hybridized carbons (Fsp3) is 0.571. The van der Waals surface area contributed by atoms with Gasteiger partial charge in [-0.1, -0.05) is 13.8 Å². The normalized spacial score (nSPS) is 12.0. The van der Waals surface area contributed by atoms with Gasteiger partial charge in [0.2, 0.25) is 0 Å². The summed E-state index contributed by atoms with van der Waals surface area (Å²) in [6.45, 7) is 4.17. The third-order valence-corrected chi connectivity index (χ3v) is 0.708. The molecule has 0 spiro atoms. The van der Waals surface area contributed by atoms with Crippen LogP contribution in [0.15, 0.2) is 17.3 Å². The molecule has 0 heterocycles. The topological polar surface area (TPSA) is 21.6 Å². The highest BCUT2D eigenvalue weighted by Gasteiger charge is 1.80. The third-order valence-electron chi connectivity index (χ3n) is 0.708. The Morgan fingerprint density at radius 2 is 2.11 bits per heavy atom. The maximum atomic E-state index is 4.82. The molecule has 0 amide bonds. The zero-order valence-corrected chi connectivity index (χ0v) is 6.16. The lowest BCUT2D eigenvalue weighted by Gasteiger charge is -1.91. The van der Waals surface area contributed by atoms with Gasteiger partial charge in [0, 0.05) is 7.05 Å². The minimum absolute atomic E-state index is 0.537. The summed E-state index contributed by atoms with van der Waals surface area (Å²) in [5, 5.41) is 0. The molecular weight excluding hydrogens is 114 g/mol. The first-order valence-electron chi connectivity index (χ1n) is 3.00. The molecule has 0 saturated carbocycles. The Morgan fingerprint density at radius 1 is 1.44 bits per heavy atom. The molecule has 9 heavy (non-hydrogen) atoms. The van der Waals surface area contributed by atoms with Crippen molar-refractivity contribution in [3.8, 4) is 0 Å². The second-order valence-electron chi connectivity index (χ2n) is 2.07. The summed E-state index contributed by atoms with van der Waals surface area (Å²) in [5.41, 5.74) is 0. The fourth-order valence-electron chi connectivity index (χ4n) is 0.298. The summed E-state index contributed by atoms with van der Waals surface area (Å²) in [4.78, 5) is 3.63. The molecule has 0 rings (SSSR count). The van der Waals surface area contributed by atoms with E-state index in [0.717, 1.165) is 0 Å². The quantitative estimate of drug-likeness (QED) is 0.322. The highest BCUT2D eigenvalue weighted by atomic mass is 16.5. The molecule has 0 aliphatic rings. The first-order chi connectivity index (χ1) is 4.27. The second kappa shape index (κ2) is 5.35. The molecule has 0 aliphatic heterocycles. The van der Waals surface area contributed by atoms with Crippen molar-refractivity contribution in [3.05, 3.63) is 12.3 Å². The van der Waals surface area contributed by atoms with Crippen molar-refractivity contribution >= 4 is 6.40 Å². The van der Waals surface area contributed by atoms with Gasteiger partial charge in [-0.2, -0.15) is 0 Å². The van der Waals surface area contributed by atoms with Gasteiger partial charge in [0.05, 0.1) is 6.26 Å². The molecule has 52 valence electrons. The van der Waals surface area contributed by atoms with E-state index >= 15 is 0 Å². The second-order valence-corrected chi connectivity index (χ2v) is 2.07. The third kappa shape index (κ3) is 7.21. The van der Waals surface area contributed by atoms with Crippen LogP contribution < -0.4 is 0 Å². The molecule has 0 atom stereocenters. The van der Waals surface area contributed by atoms with E-state index in [0.29, 0.717) is 5.92 Å². The zero-order chi connectivity index (χ0) is 7.11. The molecule has 0 fully saturated rings. The predicted molar refractivity (Wildman–Crippen MR) is 39.5 cm³/mol. The predicted octanol–water partition coefficient (Wildman–Crippen LogP) is 1.83. The average molecular weight is 127 g/mol.